The number of aromatic nitrogens is 1. The molecule has 3 N–H and O–H groups in total. The number of hydrazine groups is 1. The maximum absolute atomic E-state index is 5.55. The van der Waals surface area contributed by atoms with Gasteiger partial charge in [-0.3, -0.25) is 16.3 Å². The number of aryl methyl sites for hydroxylation is 1. The van der Waals surface area contributed by atoms with E-state index in [9.17, 15) is 0 Å². The van der Waals surface area contributed by atoms with Crippen molar-refractivity contribution in [2.75, 3.05) is 0 Å². The van der Waals surface area contributed by atoms with Crippen LogP contribution in [0.15, 0.2) is 18.3 Å². The third-order valence-corrected chi connectivity index (χ3v) is 2.59. The van der Waals surface area contributed by atoms with E-state index in [0.29, 0.717) is 0 Å². The minimum Gasteiger partial charge on any atom is -0.271 e. The van der Waals surface area contributed by atoms with Gasteiger partial charge in [0.1, 0.15) is 0 Å². The zero-order valence-corrected chi connectivity index (χ0v) is 9.66. The molecule has 0 spiro atoms. The first kappa shape index (κ1) is 12.1. The molecular formula is C12H21N3. The van der Waals surface area contributed by atoms with Gasteiger partial charge in [-0.1, -0.05) is 26.2 Å². The molecule has 15 heavy (non-hydrogen) atoms. The molecule has 0 saturated heterocycles. The number of unbranched alkanes of at least 4 members (excludes halogenated alkanes) is 2. The predicted molar refractivity (Wildman–Crippen MR) is 63.2 cm³/mol. The molecule has 0 saturated carbocycles. The lowest BCUT2D eigenvalue weighted by Gasteiger charge is -2.15. The summed E-state index contributed by atoms with van der Waals surface area (Å²) in [7, 11) is 0. The fraction of sp³-hybridized carbons (Fsp3) is 0.583. The lowest BCUT2D eigenvalue weighted by molar-refractivity contribution is 0.477. The van der Waals surface area contributed by atoms with Gasteiger partial charge in [-0.2, -0.15) is 0 Å². The highest BCUT2D eigenvalue weighted by atomic mass is 15.2. The fourth-order valence-corrected chi connectivity index (χ4v) is 1.67. The Labute approximate surface area is 92.1 Å². The molecule has 3 heteroatoms. The van der Waals surface area contributed by atoms with Crippen molar-refractivity contribution in [2.45, 2.75) is 45.6 Å². The van der Waals surface area contributed by atoms with Gasteiger partial charge in [0, 0.05) is 6.20 Å². The summed E-state index contributed by atoms with van der Waals surface area (Å²) in [4.78, 5) is 4.35. The molecule has 0 bridgehead atoms. The van der Waals surface area contributed by atoms with Crippen molar-refractivity contribution in [3.63, 3.8) is 0 Å². The lowest BCUT2D eigenvalue weighted by atomic mass is 10.0. The highest BCUT2D eigenvalue weighted by Crippen LogP contribution is 2.17. The largest absolute Gasteiger partial charge is 0.271 e. The van der Waals surface area contributed by atoms with Crippen LogP contribution in [0.2, 0.25) is 0 Å². The van der Waals surface area contributed by atoms with Gasteiger partial charge in [0.2, 0.25) is 0 Å². The molecule has 1 rings (SSSR count). The second-order valence-corrected chi connectivity index (χ2v) is 3.97. The maximum Gasteiger partial charge on any atom is 0.0632 e. The fourth-order valence-electron chi connectivity index (χ4n) is 1.67. The monoisotopic (exact) mass is 207 g/mol. The Bertz CT molecular complexity index is 286. The van der Waals surface area contributed by atoms with Crippen LogP contribution in [-0.4, -0.2) is 4.98 Å². The first-order valence-corrected chi connectivity index (χ1v) is 5.66. The van der Waals surface area contributed by atoms with Gasteiger partial charge >= 0.3 is 0 Å². The van der Waals surface area contributed by atoms with Crippen LogP contribution in [0.1, 0.15) is 49.9 Å². The Kier molecular flexibility index (Phi) is 5.29. The number of nitrogens with zero attached hydrogens (tertiary/aromatic N) is 1. The van der Waals surface area contributed by atoms with E-state index in [4.69, 9.17) is 5.84 Å². The van der Waals surface area contributed by atoms with Gasteiger partial charge < -0.3 is 0 Å². The van der Waals surface area contributed by atoms with Crippen LogP contribution in [0.5, 0.6) is 0 Å². The van der Waals surface area contributed by atoms with Crippen LogP contribution in [0.4, 0.5) is 0 Å². The SMILES string of the molecule is CCCCCC(NN)c1cc(C)ccn1. The van der Waals surface area contributed by atoms with Crippen molar-refractivity contribution in [1.29, 1.82) is 0 Å². The summed E-state index contributed by atoms with van der Waals surface area (Å²) in [5.74, 6) is 5.55. The standard InChI is InChI=1S/C12H21N3/c1-3-4-5-6-11(15-13)12-9-10(2)7-8-14-12/h7-9,11,15H,3-6,13H2,1-2H3. The van der Waals surface area contributed by atoms with Crippen molar-refractivity contribution >= 4 is 0 Å². The summed E-state index contributed by atoms with van der Waals surface area (Å²) in [6.07, 6.45) is 6.58. The second-order valence-electron chi connectivity index (χ2n) is 3.97. The molecule has 0 aromatic carbocycles. The van der Waals surface area contributed by atoms with Crippen molar-refractivity contribution in [3.8, 4) is 0 Å². The summed E-state index contributed by atoms with van der Waals surface area (Å²) >= 11 is 0. The van der Waals surface area contributed by atoms with E-state index in [2.05, 4.69) is 30.3 Å². The van der Waals surface area contributed by atoms with Crippen LogP contribution in [0, 0.1) is 6.92 Å². The van der Waals surface area contributed by atoms with Gasteiger partial charge in [-0.05, 0) is 31.0 Å². The molecule has 1 unspecified atom stereocenters. The predicted octanol–water partition coefficient (Wildman–Crippen LogP) is 2.47. The van der Waals surface area contributed by atoms with Crippen molar-refractivity contribution < 1.29 is 0 Å². The number of nitrogens with one attached hydrogen (secondary N) is 1. The summed E-state index contributed by atoms with van der Waals surface area (Å²) in [6, 6.07) is 4.29. The van der Waals surface area contributed by atoms with Crippen LogP contribution < -0.4 is 11.3 Å². The van der Waals surface area contributed by atoms with E-state index < -0.39 is 0 Å². The van der Waals surface area contributed by atoms with E-state index in [-0.39, 0.29) is 6.04 Å². The Balaban J connectivity index is 2.57. The minimum absolute atomic E-state index is 0.191. The normalized spacial score (nSPS) is 12.7. The van der Waals surface area contributed by atoms with E-state index in [0.717, 1.165) is 12.1 Å². The number of hydrogen-bond acceptors (Lipinski definition) is 3. The minimum atomic E-state index is 0.191. The van der Waals surface area contributed by atoms with Gasteiger partial charge in [0.05, 0.1) is 11.7 Å². The Morgan fingerprint density at radius 2 is 2.27 bits per heavy atom. The van der Waals surface area contributed by atoms with Crippen LogP contribution in [0.25, 0.3) is 0 Å². The van der Waals surface area contributed by atoms with Gasteiger partial charge in [-0.25, -0.2) is 0 Å². The third kappa shape index (κ3) is 3.98. The molecule has 84 valence electrons. The molecule has 1 atom stereocenters. The Hall–Kier alpha value is -0.930. The van der Waals surface area contributed by atoms with E-state index in [1.54, 1.807) is 0 Å². The second kappa shape index (κ2) is 6.53. The van der Waals surface area contributed by atoms with E-state index >= 15 is 0 Å². The van der Waals surface area contributed by atoms with Crippen LogP contribution in [0.3, 0.4) is 0 Å². The van der Waals surface area contributed by atoms with Crippen LogP contribution in [-0.2, 0) is 0 Å². The third-order valence-electron chi connectivity index (χ3n) is 2.59. The van der Waals surface area contributed by atoms with Crippen molar-refractivity contribution in [1.82, 2.24) is 10.4 Å². The van der Waals surface area contributed by atoms with Crippen LogP contribution >= 0.6 is 0 Å². The smallest absolute Gasteiger partial charge is 0.0632 e. The number of hydrogen-bond donors (Lipinski definition) is 2. The van der Waals surface area contributed by atoms with Crippen molar-refractivity contribution in [3.05, 3.63) is 29.6 Å². The number of nitrogens with two attached hydrogens (primary N) is 1. The molecule has 1 aromatic heterocycles. The van der Waals surface area contributed by atoms with Gasteiger partial charge in [0.25, 0.3) is 0 Å². The molecule has 0 amide bonds. The first-order chi connectivity index (χ1) is 7.27. The highest BCUT2D eigenvalue weighted by molar-refractivity contribution is 5.17. The first-order valence-electron chi connectivity index (χ1n) is 5.66. The molecule has 0 fully saturated rings. The zero-order valence-electron chi connectivity index (χ0n) is 9.66. The molecule has 0 aliphatic carbocycles. The number of rotatable bonds is 6. The highest BCUT2D eigenvalue weighted by Gasteiger charge is 2.10. The molecule has 1 aromatic rings. The molecule has 1 heterocycles. The molecule has 0 radical (unpaired) electrons. The summed E-state index contributed by atoms with van der Waals surface area (Å²) in [5, 5.41) is 0. The molecule has 0 aliphatic rings. The Morgan fingerprint density at radius 1 is 1.47 bits per heavy atom. The van der Waals surface area contributed by atoms with Gasteiger partial charge in [-0.15, -0.1) is 0 Å². The molecular weight excluding hydrogens is 186 g/mol. The van der Waals surface area contributed by atoms with E-state index in [1.807, 2.05) is 12.3 Å². The quantitative estimate of drug-likeness (QED) is 0.428. The lowest BCUT2D eigenvalue weighted by Crippen LogP contribution is -2.28. The molecule has 0 aliphatic heterocycles. The summed E-state index contributed by atoms with van der Waals surface area (Å²) in [6.45, 7) is 4.28. The number of pyridine rings is 1. The van der Waals surface area contributed by atoms with Crippen molar-refractivity contribution in [2.24, 2.45) is 5.84 Å². The Morgan fingerprint density at radius 3 is 2.87 bits per heavy atom. The average molecular weight is 207 g/mol. The van der Waals surface area contributed by atoms with Gasteiger partial charge in [0.15, 0.2) is 0 Å². The molecule has 3 nitrogen and oxygen atoms in total. The summed E-state index contributed by atoms with van der Waals surface area (Å²) in [5.41, 5.74) is 5.12. The maximum atomic E-state index is 5.55. The summed E-state index contributed by atoms with van der Waals surface area (Å²) < 4.78 is 0. The average Bonchev–Trinajstić information content (AvgIpc) is 2.24. The topological polar surface area (TPSA) is 50.9 Å². The zero-order chi connectivity index (χ0) is 11.1. The van der Waals surface area contributed by atoms with E-state index in [1.165, 1.54) is 24.8 Å².